The minimum atomic E-state index is -1.05. The number of nitrogens with zero attached hydrogens (tertiary/aromatic N) is 2. The Bertz CT molecular complexity index is 282. The summed E-state index contributed by atoms with van der Waals surface area (Å²) in [6.45, 7) is 2.47. The molecule has 0 aliphatic carbocycles. The first kappa shape index (κ1) is 8.07. The Morgan fingerprint density at radius 2 is 2.55 bits per heavy atom. The summed E-state index contributed by atoms with van der Waals surface area (Å²) in [5.41, 5.74) is 0.0496. The van der Waals surface area contributed by atoms with Gasteiger partial charge in [0.2, 0.25) is 0 Å². The molecule has 0 spiro atoms. The average molecular weight is 175 g/mol. The Morgan fingerprint density at radius 1 is 1.91 bits per heavy atom. The molecule has 0 aromatic carbocycles. The maximum Gasteiger partial charge on any atom is 0.340 e. The number of halogens is 1. The van der Waals surface area contributed by atoms with Crippen LogP contribution in [0, 0.1) is 0 Å². The molecule has 0 radical (unpaired) electrons. The number of carboxylic acids is 1. The van der Waals surface area contributed by atoms with Gasteiger partial charge < -0.3 is 5.11 Å². The highest BCUT2D eigenvalue weighted by atomic mass is 35.5. The van der Waals surface area contributed by atoms with Crippen LogP contribution in [-0.2, 0) is 6.54 Å². The highest BCUT2D eigenvalue weighted by Gasteiger charge is 2.12. The minimum absolute atomic E-state index is 0.0411. The van der Waals surface area contributed by atoms with Crippen LogP contribution in [0.15, 0.2) is 6.20 Å². The molecule has 11 heavy (non-hydrogen) atoms. The zero-order valence-electron chi connectivity index (χ0n) is 5.91. The van der Waals surface area contributed by atoms with Crippen LogP contribution >= 0.6 is 11.6 Å². The standard InChI is InChI=1S/C6H7ClN2O2/c1-2-9-3-4(6(10)11)5(7)8-9/h3H,2H2,1H3,(H,10,11). The minimum Gasteiger partial charge on any atom is -0.478 e. The van der Waals surface area contributed by atoms with Gasteiger partial charge in [-0.3, -0.25) is 4.68 Å². The molecular formula is C6H7ClN2O2. The van der Waals surface area contributed by atoms with Crippen molar-refractivity contribution in [1.82, 2.24) is 9.78 Å². The molecule has 1 N–H and O–H groups in total. The van der Waals surface area contributed by atoms with Crippen LogP contribution in [0.2, 0.25) is 5.15 Å². The van der Waals surface area contributed by atoms with Crippen molar-refractivity contribution in [2.24, 2.45) is 0 Å². The topological polar surface area (TPSA) is 55.1 Å². The molecule has 0 unspecified atom stereocenters. The zero-order chi connectivity index (χ0) is 8.43. The molecule has 1 aromatic heterocycles. The molecular weight excluding hydrogens is 168 g/mol. The van der Waals surface area contributed by atoms with Crippen molar-refractivity contribution in [1.29, 1.82) is 0 Å². The first-order valence-electron chi connectivity index (χ1n) is 3.11. The van der Waals surface area contributed by atoms with Crippen molar-refractivity contribution in [2.75, 3.05) is 0 Å². The van der Waals surface area contributed by atoms with Crippen molar-refractivity contribution in [3.63, 3.8) is 0 Å². The second kappa shape index (κ2) is 2.92. The van der Waals surface area contributed by atoms with Crippen LogP contribution in [0.1, 0.15) is 17.3 Å². The summed E-state index contributed by atoms with van der Waals surface area (Å²) in [4.78, 5) is 10.4. The molecule has 5 heteroatoms. The highest BCUT2D eigenvalue weighted by molar-refractivity contribution is 6.32. The summed E-state index contributed by atoms with van der Waals surface area (Å²) < 4.78 is 1.48. The van der Waals surface area contributed by atoms with E-state index in [9.17, 15) is 4.79 Å². The highest BCUT2D eigenvalue weighted by Crippen LogP contribution is 2.12. The van der Waals surface area contributed by atoms with E-state index in [4.69, 9.17) is 16.7 Å². The van der Waals surface area contributed by atoms with Gasteiger partial charge >= 0.3 is 5.97 Å². The number of aryl methyl sites for hydroxylation is 1. The lowest BCUT2D eigenvalue weighted by molar-refractivity contribution is 0.0697. The van der Waals surface area contributed by atoms with E-state index in [1.165, 1.54) is 10.9 Å². The number of hydrogen-bond donors (Lipinski definition) is 1. The second-order valence-electron chi connectivity index (χ2n) is 1.99. The maximum atomic E-state index is 10.4. The number of aromatic carboxylic acids is 1. The Balaban J connectivity index is 3.07. The third-order valence-electron chi connectivity index (χ3n) is 1.27. The Labute approximate surface area is 68.4 Å². The Hall–Kier alpha value is -1.03. The smallest absolute Gasteiger partial charge is 0.340 e. The molecule has 1 rings (SSSR count). The summed E-state index contributed by atoms with van der Waals surface area (Å²) in [7, 11) is 0. The fourth-order valence-corrected chi connectivity index (χ4v) is 0.930. The van der Waals surface area contributed by atoms with Crippen molar-refractivity contribution >= 4 is 17.6 Å². The van der Waals surface area contributed by atoms with Crippen LogP contribution in [-0.4, -0.2) is 20.9 Å². The van der Waals surface area contributed by atoms with Gasteiger partial charge in [-0.05, 0) is 6.92 Å². The van der Waals surface area contributed by atoms with Gasteiger partial charge in [0.1, 0.15) is 5.56 Å². The molecule has 4 nitrogen and oxygen atoms in total. The molecule has 60 valence electrons. The van der Waals surface area contributed by atoms with Crippen molar-refractivity contribution in [3.8, 4) is 0 Å². The van der Waals surface area contributed by atoms with E-state index in [-0.39, 0.29) is 10.7 Å². The summed E-state index contributed by atoms with van der Waals surface area (Å²) in [5, 5.41) is 12.3. The molecule has 0 aliphatic rings. The SMILES string of the molecule is CCn1cc(C(=O)O)c(Cl)n1. The van der Waals surface area contributed by atoms with Crippen molar-refractivity contribution in [3.05, 3.63) is 16.9 Å². The Morgan fingerprint density at radius 3 is 2.82 bits per heavy atom. The monoisotopic (exact) mass is 174 g/mol. The van der Waals surface area contributed by atoms with E-state index in [1.54, 1.807) is 0 Å². The summed E-state index contributed by atoms with van der Waals surface area (Å²) in [6, 6.07) is 0. The van der Waals surface area contributed by atoms with Gasteiger partial charge in [-0.2, -0.15) is 5.10 Å². The predicted octanol–water partition coefficient (Wildman–Crippen LogP) is 1.25. The van der Waals surface area contributed by atoms with Gasteiger partial charge in [-0.1, -0.05) is 11.6 Å². The van der Waals surface area contributed by atoms with Gasteiger partial charge in [-0.15, -0.1) is 0 Å². The predicted molar refractivity (Wildman–Crippen MR) is 39.9 cm³/mol. The summed E-state index contributed by atoms with van der Waals surface area (Å²) >= 11 is 5.51. The quantitative estimate of drug-likeness (QED) is 0.734. The summed E-state index contributed by atoms with van der Waals surface area (Å²) in [5.74, 6) is -1.05. The average Bonchev–Trinajstić information content (AvgIpc) is 2.30. The van der Waals surface area contributed by atoms with Crippen LogP contribution < -0.4 is 0 Å². The van der Waals surface area contributed by atoms with Crippen molar-refractivity contribution < 1.29 is 9.90 Å². The van der Waals surface area contributed by atoms with Gasteiger partial charge in [0, 0.05) is 12.7 Å². The zero-order valence-corrected chi connectivity index (χ0v) is 6.67. The number of carboxylic acid groups (broad SMARTS) is 1. The van der Waals surface area contributed by atoms with Gasteiger partial charge in [0.05, 0.1) is 0 Å². The molecule has 0 amide bonds. The fraction of sp³-hybridized carbons (Fsp3) is 0.333. The Kier molecular flexibility index (Phi) is 2.14. The number of aromatic nitrogens is 2. The number of hydrogen-bond acceptors (Lipinski definition) is 2. The van der Waals surface area contributed by atoms with Crippen LogP contribution in [0.25, 0.3) is 0 Å². The number of rotatable bonds is 2. The molecule has 0 aliphatic heterocycles. The van der Waals surface area contributed by atoms with E-state index < -0.39 is 5.97 Å². The van der Waals surface area contributed by atoms with E-state index >= 15 is 0 Å². The van der Waals surface area contributed by atoms with Crippen LogP contribution in [0.5, 0.6) is 0 Å². The summed E-state index contributed by atoms with van der Waals surface area (Å²) in [6.07, 6.45) is 1.41. The lowest BCUT2D eigenvalue weighted by Crippen LogP contribution is -1.95. The molecule has 0 bridgehead atoms. The van der Waals surface area contributed by atoms with Crippen molar-refractivity contribution in [2.45, 2.75) is 13.5 Å². The van der Waals surface area contributed by atoms with Crippen LogP contribution in [0.4, 0.5) is 0 Å². The molecule has 0 saturated heterocycles. The van der Waals surface area contributed by atoms with E-state index in [2.05, 4.69) is 5.10 Å². The van der Waals surface area contributed by atoms with Gasteiger partial charge in [-0.25, -0.2) is 4.79 Å². The molecule has 0 atom stereocenters. The second-order valence-corrected chi connectivity index (χ2v) is 2.35. The molecule has 1 aromatic rings. The normalized spacial score (nSPS) is 10.0. The first-order chi connectivity index (χ1) is 5.15. The number of carbonyl (C=O) groups is 1. The third-order valence-corrected chi connectivity index (χ3v) is 1.55. The largest absolute Gasteiger partial charge is 0.478 e. The molecule has 0 saturated carbocycles. The maximum absolute atomic E-state index is 10.4. The fourth-order valence-electron chi connectivity index (χ4n) is 0.703. The van der Waals surface area contributed by atoms with Crippen LogP contribution in [0.3, 0.4) is 0 Å². The molecule has 0 fully saturated rings. The van der Waals surface area contributed by atoms with Gasteiger partial charge in [0.15, 0.2) is 5.15 Å². The lowest BCUT2D eigenvalue weighted by atomic mass is 10.4. The van der Waals surface area contributed by atoms with Gasteiger partial charge in [0.25, 0.3) is 0 Å². The van der Waals surface area contributed by atoms with E-state index in [0.29, 0.717) is 6.54 Å². The lowest BCUT2D eigenvalue weighted by Gasteiger charge is -1.88. The third kappa shape index (κ3) is 1.51. The molecule has 1 heterocycles. The first-order valence-corrected chi connectivity index (χ1v) is 3.49. The van der Waals surface area contributed by atoms with E-state index in [0.717, 1.165) is 0 Å². The van der Waals surface area contributed by atoms with E-state index in [1.807, 2.05) is 6.92 Å².